The SMILES string of the molecule is O=C(CN1C(=O)C2C3C=CC(C3)C2C1=O)NCC1(c2c(F)cccc2F)CCCC1. The van der Waals surface area contributed by atoms with E-state index in [4.69, 9.17) is 0 Å². The van der Waals surface area contributed by atoms with Crippen LogP contribution in [0.2, 0.25) is 0 Å². The molecule has 4 unspecified atom stereocenters. The zero-order chi connectivity index (χ0) is 21.0. The maximum absolute atomic E-state index is 14.5. The van der Waals surface area contributed by atoms with Gasteiger partial charge in [0.1, 0.15) is 18.2 Å². The highest BCUT2D eigenvalue weighted by atomic mass is 19.1. The molecule has 1 aromatic carbocycles. The van der Waals surface area contributed by atoms with E-state index in [1.807, 2.05) is 12.2 Å². The smallest absolute Gasteiger partial charge is 0.240 e. The Morgan fingerprint density at radius 2 is 1.60 bits per heavy atom. The van der Waals surface area contributed by atoms with Gasteiger partial charge in [0.2, 0.25) is 17.7 Å². The van der Waals surface area contributed by atoms with Crippen molar-refractivity contribution in [3.8, 4) is 0 Å². The van der Waals surface area contributed by atoms with Gasteiger partial charge in [-0.1, -0.05) is 31.1 Å². The molecule has 0 radical (unpaired) electrons. The van der Waals surface area contributed by atoms with Crippen LogP contribution < -0.4 is 5.32 Å². The van der Waals surface area contributed by atoms with Gasteiger partial charge in [-0.15, -0.1) is 0 Å². The van der Waals surface area contributed by atoms with Gasteiger partial charge in [0.25, 0.3) is 0 Å². The molecule has 4 atom stereocenters. The first-order chi connectivity index (χ1) is 14.4. The molecule has 1 heterocycles. The molecule has 7 heteroatoms. The van der Waals surface area contributed by atoms with Gasteiger partial charge in [-0.25, -0.2) is 8.78 Å². The van der Waals surface area contributed by atoms with E-state index in [2.05, 4.69) is 5.32 Å². The fraction of sp³-hybridized carbons (Fsp3) is 0.522. The second-order valence-corrected chi connectivity index (χ2v) is 9.12. The Hall–Kier alpha value is -2.57. The van der Waals surface area contributed by atoms with Crippen molar-refractivity contribution in [2.45, 2.75) is 37.5 Å². The zero-order valence-electron chi connectivity index (χ0n) is 16.6. The summed E-state index contributed by atoms with van der Waals surface area (Å²) in [7, 11) is 0. The average Bonchev–Trinajstić information content (AvgIpc) is 3.48. The molecule has 2 saturated carbocycles. The monoisotopic (exact) mass is 414 g/mol. The van der Waals surface area contributed by atoms with Crippen LogP contribution in [-0.2, 0) is 19.8 Å². The van der Waals surface area contributed by atoms with E-state index in [1.54, 1.807) is 0 Å². The average molecular weight is 414 g/mol. The number of fused-ring (bicyclic) bond motifs is 5. The van der Waals surface area contributed by atoms with Crippen molar-refractivity contribution < 1.29 is 23.2 Å². The minimum absolute atomic E-state index is 0.0216. The van der Waals surface area contributed by atoms with Gasteiger partial charge in [-0.05, 0) is 43.2 Å². The molecule has 1 aliphatic heterocycles. The van der Waals surface area contributed by atoms with E-state index in [9.17, 15) is 23.2 Å². The first-order valence-electron chi connectivity index (χ1n) is 10.7. The number of hydrogen-bond acceptors (Lipinski definition) is 3. The standard InChI is InChI=1S/C23H24F2N2O3/c24-15-4-3-5-16(25)20(15)23(8-1-2-9-23)12-26-17(28)11-27-21(29)18-13-6-7-14(10-13)19(18)22(27)30/h3-7,13-14,18-19H,1-2,8-12H2,(H,26,28). The summed E-state index contributed by atoms with van der Waals surface area (Å²) in [5.41, 5.74) is -0.780. The van der Waals surface area contributed by atoms with E-state index < -0.39 is 23.0 Å². The summed E-state index contributed by atoms with van der Waals surface area (Å²) in [6.45, 7) is -0.250. The van der Waals surface area contributed by atoms with Crippen LogP contribution in [0.3, 0.4) is 0 Å². The van der Waals surface area contributed by atoms with Crippen molar-refractivity contribution >= 4 is 17.7 Å². The normalized spacial score (nSPS) is 30.9. The highest BCUT2D eigenvalue weighted by Crippen LogP contribution is 2.52. The molecule has 5 nitrogen and oxygen atoms in total. The summed E-state index contributed by atoms with van der Waals surface area (Å²) in [4.78, 5) is 39.2. The summed E-state index contributed by atoms with van der Waals surface area (Å²) in [5, 5.41) is 2.76. The molecular weight excluding hydrogens is 390 g/mol. The number of benzene rings is 1. The summed E-state index contributed by atoms with van der Waals surface area (Å²) in [5.74, 6) is -2.72. The van der Waals surface area contributed by atoms with Crippen LogP contribution in [0.5, 0.6) is 0 Å². The lowest BCUT2D eigenvalue weighted by atomic mass is 9.78. The topological polar surface area (TPSA) is 66.5 Å². The quantitative estimate of drug-likeness (QED) is 0.595. The first kappa shape index (κ1) is 19.4. The zero-order valence-corrected chi connectivity index (χ0v) is 16.6. The lowest BCUT2D eigenvalue weighted by molar-refractivity contribution is -0.144. The van der Waals surface area contributed by atoms with Crippen LogP contribution in [0.4, 0.5) is 8.78 Å². The Morgan fingerprint density at radius 3 is 2.17 bits per heavy atom. The molecule has 30 heavy (non-hydrogen) atoms. The molecule has 1 aromatic rings. The number of carbonyl (C=O) groups excluding carboxylic acids is 3. The Labute approximate surface area is 173 Å². The van der Waals surface area contributed by atoms with Crippen molar-refractivity contribution in [3.05, 3.63) is 47.5 Å². The minimum atomic E-state index is -0.802. The van der Waals surface area contributed by atoms with Crippen LogP contribution >= 0.6 is 0 Å². The second-order valence-electron chi connectivity index (χ2n) is 9.12. The highest BCUT2D eigenvalue weighted by Gasteiger charge is 2.59. The molecule has 3 fully saturated rings. The number of nitrogens with one attached hydrogen (secondary N) is 1. The second kappa shape index (κ2) is 7.00. The molecule has 2 bridgehead atoms. The van der Waals surface area contributed by atoms with E-state index >= 15 is 0 Å². The molecule has 5 rings (SSSR count). The van der Waals surface area contributed by atoms with E-state index in [0.29, 0.717) is 12.8 Å². The van der Waals surface area contributed by atoms with Gasteiger partial charge in [0, 0.05) is 17.5 Å². The molecule has 158 valence electrons. The first-order valence-corrected chi connectivity index (χ1v) is 10.7. The summed E-state index contributed by atoms with van der Waals surface area (Å²) < 4.78 is 28.9. The third-order valence-corrected chi connectivity index (χ3v) is 7.54. The molecule has 3 aliphatic carbocycles. The van der Waals surface area contributed by atoms with Gasteiger partial charge in [-0.2, -0.15) is 0 Å². The number of likely N-dealkylation sites (tertiary alicyclic amines) is 1. The Kier molecular flexibility index (Phi) is 4.52. The molecule has 0 aromatic heterocycles. The van der Waals surface area contributed by atoms with E-state index in [0.717, 1.165) is 24.2 Å². The highest BCUT2D eigenvalue weighted by molar-refractivity contribution is 6.08. The molecular formula is C23H24F2N2O3. The lowest BCUT2D eigenvalue weighted by Crippen LogP contribution is -2.46. The largest absolute Gasteiger partial charge is 0.354 e. The molecule has 3 amide bonds. The van der Waals surface area contributed by atoms with Crippen LogP contribution in [0.25, 0.3) is 0 Å². The number of nitrogens with zero attached hydrogens (tertiary/aromatic N) is 1. The van der Waals surface area contributed by atoms with Crippen LogP contribution in [0.1, 0.15) is 37.7 Å². The van der Waals surface area contributed by atoms with Crippen LogP contribution in [-0.4, -0.2) is 35.7 Å². The maximum atomic E-state index is 14.5. The van der Waals surface area contributed by atoms with Crippen LogP contribution in [0, 0.1) is 35.3 Å². The molecule has 0 spiro atoms. The Morgan fingerprint density at radius 1 is 1.03 bits per heavy atom. The number of rotatable bonds is 5. The lowest BCUT2D eigenvalue weighted by Gasteiger charge is -2.31. The van der Waals surface area contributed by atoms with Gasteiger partial charge < -0.3 is 5.32 Å². The molecule has 4 aliphatic rings. The van der Waals surface area contributed by atoms with Gasteiger partial charge in [-0.3, -0.25) is 19.3 Å². The Bertz CT molecular complexity index is 904. The van der Waals surface area contributed by atoms with Gasteiger partial charge >= 0.3 is 0 Å². The van der Waals surface area contributed by atoms with E-state index in [1.165, 1.54) is 18.2 Å². The summed E-state index contributed by atoms with van der Waals surface area (Å²) >= 11 is 0. The van der Waals surface area contributed by atoms with Crippen molar-refractivity contribution in [1.82, 2.24) is 10.2 Å². The number of imide groups is 1. The Balaban J connectivity index is 1.28. The third-order valence-electron chi connectivity index (χ3n) is 7.54. The fourth-order valence-corrected chi connectivity index (χ4v) is 6.16. The number of amides is 3. The van der Waals surface area contributed by atoms with E-state index in [-0.39, 0.29) is 54.1 Å². The van der Waals surface area contributed by atoms with Crippen molar-refractivity contribution in [2.24, 2.45) is 23.7 Å². The van der Waals surface area contributed by atoms with Crippen molar-refractivity contribution in [1.29, 1.82) is 0 Å². The van der Waals surface area contributed by atoms with Gasteiger partial charge in [0.05, 0.1) is 11.8 Å². The van der Waals surface area contributed by atoms with Gasteiger partial charge in [0.15, 0.2) is 0 Å². The molecule has 1 saturated heterocycles. The summed E-state index contributed by atoms with van der Waals surface area (Å²) in [6, 6.07) is 3.81. The fourth-order valence-electron chi connectivity index (χ4n) is 6.16. The summed E-state index contributed by atoms with van der Waals surface area (Å²) in [6.07, 6.45) is 7.65. The number of halogens is 2. The van der Waals surface area contributed by atoms with Crippen LogP contribution in [0.15, 0.2) is 30.4 Å². The number of carbonyl (C=O) groups is 3. The molecule has 1 N–H and O–H groups in total. The number of allylic oxidation sites excluding steroid dienone is 2. The number of hydrogen-bond donors (Lipinski definition) is 1. The van der Waals surface area contributed by atoms with Crippen molar-refractivity contribution in [3.63, 3.8) is 0 Å². The van der Waals surface area contributed by atoms with Crippen molar-refractivity contribution in [2.75, 3.05) is 13.1 Å². The maximum Gasteiger partial charge on any atom is 0.240 e. The predicted octanol–water partition coefficient (Wildman–Crippen LogP) is 2.70. The third kappa shape index (κ3) is 2.81. The predicted molar refractivity (Wildman–Crippen MR) is 104 cm³/mol. The minimum Gasteiger partial charge on any atom is -0.354 e.